The number of alkyl carbamates (subject to hydrolysis) is 1. The minimum Gasteiger partial charge on any atom is -0.444 e. The van der Waals surface area contributed by atoms with E-state index in [0.29, 0.717) is 11.4 Å². The molecule has 1 N–H and O–H groups in total. The van der Waals surface area contributed by atoms with Crippen LogP contribution in [0.5, 0.6) is 0 Å². The Labute approximate surface area is 127 Å². The van der Waals surface area contributed by atoms with Gasteiger partial charge >= 0.3 is 6.09 Å². The van der Waals surface area contributed by atoms with Crippen LogP contribution in [-0.4, -0.2) is 31.4 Å². The molecule has 0 aliphatic carbocycles. The molecule has 0 aliphatic rings. The maximum absolute atomic E-state index is 11.7. The minimum atomic E-state index is -0.550. The molecule has 0 unspecified atom stereocenters. The van der Waals surface area contributed by atoms with Crippen LogP contribution in [0.1, 0.15) is 26.3 Å². The summed E-state index contributed by atoms with van der Waals surface area (Å²) >= 11 is 5.86. The highest BCUT2D eigenvalue weighted by molar-refractivity contribution is 6.29. The Hall–Kier alpha value is -2.15. The summed E-state index contributed by atoms with van der Waals surface area (Å²) in [7, 11) is 0. The number of ether oxygens (including phenoxy) is 1. The lowest BCUT2D eigenvalue weighted by molar-refractivity contribution is 0.0523. The van der Waals surface area contributed by atoms with Gasteiger partial charge in [0.05, 0.1) is 0 Å². The van der Waals surface area contributed by atoms with Gasteiger partial charge in [-0.3, -0.25) is 4.57 Å². The van der Waals surface area contributed by atoms with Crippen molar-refractivity contribution in [3.63, 3.8) is 0 Å². The lowest BCUT2D eigenvalue weighted by Crippen LogP contribution is -2.32. The number of halogens is 1. The number of amides is 1. The maximum atomic E-state index is 11.7. The zero-order chi connectivity index (χ0) is 15.5. The highest BCUT2D eigenvalue weighted by Crippen LogP contribution is 2.15. The van der Waals surface area contributed by atoms with Crippen LogP contribution in [0.25, 0.3) is 5.82 Å². The molecule has 112 valence electrons. The van der Waals surface area contributed by atoms with Crippen LogP contribution in [0.15, 0.2) is 24.8 Å². The summed E-state index contributed by atoms with van der Waals surface area (Å²) in [5.41, 5.74) is 0.157. The van der Waals surface area contributed by atoms with E-state index in [9.17, 15) is 4.79 Å². The Kier molecular flexibility index (Phi) is 4.42. The van der Waals surface area contributed by atoms with Gasteiger partial charge in [0, 0.05) is 24.5 Å². The SMILES string of the molecule is CC(C)(C)OC(=O)NCc1cc(Cl)nnc1-n1ccnc1. The first-order valence-corrected chi connectivity index (χ1v) is 6.70. The normalized spacial score (nSPS) is 11.2. The lowest BCUT2D eigenvalue weighted by atomic mass is 10.2. The third-order valence-corrected chi connectivity index (χ3v) is 2.58. The molecule has 8 heteroatoms. The molecule has 2 aromatic heterocycles. The summed E-state index contributed by atoms with van der Waals surface area (Å²) in [5.74, 6) is 0.549. The van der Waals surface area contributed by atoms with E-state index >= 15 is 0 Å². The van der Waals surface area contributed by atoms with E-state index in [1.165, 1.54) is 0 Å². The number of carbonyl (C=O) groups is 1. The van der Waals surface area contributed by atoms with E-state index in [0.717, 1.165) is 0 Å². The molecule has 2 heterocycles. The predicted molar refractivity (Wildman–Crippen MR) is 77.2 cm³/mol. The number of rotatable bonds is 3. The van der Waals surface area contributed by atoms with Crippen molar-refractivity contribution >= 4 is 17.7 Å². The molecule has 0 aromatic carbocycles. The first-order valence-electron chi connectivity index (χ1n) is 6.32. The standard InChI is InChI=1S/C13H16ClN5O2/c1-13(2,3)21-12(20)16-7-9-6-10(14)17-18-11(9)19-5-4-15-8-19/h4-6,8H,7H2,1-3H3,(H,16,20). The Bertz CT molecular complexity index is 622. The summed E-state index contributed by atoms with van der Waals surface area (Å²) in [5, 5.41) is 10.7. The van der Waals surface area contributed by atoms with Crippen molar-refractivity contribution in [2.75, 3.05) is 0 Å². The second-order valence-electron chi connectivity index (χ2n) is 5.34. The first kappa shape index (κ1) is 15.2. The molecule has 7 nitrogen and oxygen atoms in total. The van der Waals surface area contributed by atoms with Gasteiger partial charge in [-0.05, 0) is 26.8 Å². The van der Waals surface area contributed by atoms with Crippen molar-refractivity contribution in [3.8, 4) is 5.82 Å². The molecule has 0 bridgehead atoms. The molecular formula is C13H16ClN5O2. The van der Waals surface area contributed by atoms with Gasteiger partial charge in [0.2, 0.25) is 0 Å². The highest BCUT2D eigenvalue weighted by Gasteiger charge is 2.17. The topological polar surface area (TPSA) is 81.9 Å². The van der Waals surface area contributed by atoms with E-state index in [1.54, 1.807) is 50.1 Å². The zero-order valence-electron chi connectivity index (χ0n) is 12.0. The molecule has 0 radical (unpaired) electrons. The van der Waals surface area contributed by atoms with Gasteiger partial charge in [0.1, 0.15) is 11.9 Å². The average molecular weight is 310 g/mol. The van der Waals surface area contributed by atoms with Gasteiger partial charge in [-0.1, -0.05) is 11.6 Å². The number of carbonyl (C=O) groups excluding carboxylic acids is 1. The van der Waals surface area contributed by atoms with Crippen LogP contribution in [-0.2, 0) is 11.3 Å². The molecule has 0 atom stereocenters. The van der Waals surface area contributed by atoms with E-state index < -0.39 is 11.7 Å². The van der Waals surface area contributed by atoms with E-state index in [4.69, 9.17) is 16.3 Å². The number of hydrogen-bond acceptors (Lipinski definition) is 5. The first-order chi connectivity index (χ1) is 9.85. The van der Waals surface area contributed by atoms with Crippen LogP contribution < -0.4 is 5.32 Å². The molecule has 1 amide bonds. The van der Waals surface area contributed by atoms with Gasteiger partial charge in [0.25, 0.3) is 0 Å². The number of hydrogen-bond donors (Lipinski definition) is 1. The number of nitrogens with zero attached hydrogens (tertiary/aromatic N) is 4. The minimum absolute atomic E-state index is 0.220. The van der Waals surface area contributed by atoms with Gasteiger partial charge < -0.3 is 10.1 Å². The zero-order valence-corrected chi connectivity index (χ0v) is 12.8. The molecule has 2 rings (SSSR count). The number of nitrogens with one attached hydrogen (secondary N) is 1. The largest absolute Gasteiger partial charge is 0.444 e. The molecular weight excluding hydrogens is 294 g/mol. The summed E-state index contributed by atoms with van der Waals surface area (Å²) in [6.07, 6.45) is 4.44. The van der Waals surface area contributed by atoms with E-state index in [-0.39, 0.29) is 11.7 Å². The predicted octanol–water partition coefficient (Wildman–Crippen LogP) is 2.34. The summed E-state index contributed by atoms with van der Waals surface area (Å²) in [6, 6.07) is 1.64. The van der Waals surface area contributed by atoms with Crippen molar-refractivity contribution in [2.24, 2.45) is 0 Å². The Morgan fingerprint density at radius 2 is 2.19 bits per heavy atom. The van der Waals surface area contributed by atoms with Gasteiger partial charge in [-0.25, -0.2) is 9.78 Å². The smallest absolute Gasteiger partial charge is 0.407 e. The highest BCUT2D eigenvalue weighted by atomic mass is 35.5. The molecule has 0 spiro atoms. The second-order valence-corrected chi connectivity index (χ2v) is 5.73. The fourth-order valence-electron chi connectivity index (χ4n) is 1.61. The van der Waals surface area contributed by atoms with Crippen LogP contribution in [0.2, 0.25) is 5.15 Å². The Morgan fingerprint density at radius 1 is 1.43 bits per heavy atom. The molecule has 0 fully saturated rings. The quantitative estimate of drug-likeness (QED) is 0.941. The fraction of sp³-hybridized carbons (Fsp3) is 0.385. The second kappa shape index (κ2) is 6.09. The van der Waals surface area contributed by atoms with Gasteiger partial charge in [-0.15, -0.1) is 10.2 Å². The van der Waals surface area contributed by atoms with Crippen molar-refractivity contribution in [2.45, 2.75) is 32.9 Å². The van der Waals surface area contributed by atoms with Crippen molar-refractivity contribution < 1.29 is 9.53 Å². The Balaban J connectivity index is 2.13. The molecule has 0 aliphatic heterocycles. The van der Waals surface area contributed by atoms with Crippen LogP contribution >= 0.6 is 11.6 Å². The molecule has 0 saturated carbocycles. The van der Waals surface area contributed by atoms with Gasteiger partial charge in [-0.2, -0.15) is 0 Å². The van der Waals surface area contributed by atoms with Crippen LogP contribution in [0, 0.1) is 0 Å². The van der Waals surface area contributed by atoms with E-state index in [2.05, 4.69) is 20.5 Å². The number of aromatic nitrogens is 4. The maximum Gasteiger partial charge on any atom is 0.407 e. The van der Waals surface area contributed by atoms with Crippen LogP contribution in [0.3, 0.4) is 0 Å². The third kappa shape index (κ3) is 4.42. The van der Waals surface area contributed by atoms with Crippen molar-refractivity contribution in [3.05, 3.63) is 35.5 Å². The van der Waals surface area contributed by atoms with Crippen molar-refractivity contribution in [1.29, 1.82) is 0 Å². The fourth-order valence-corrected chi connectivity index (χ4v) is 1.78. The summed E-state index contributed by atoms with van der Waals surface area (Å²) in [6.45, 7) is 5.62. The van der Waals surface area contributed by atoms with E-state index in [1.807, 2.05) is 0 Å². The van der Waals surface area contributed by atoms with Crippen molar-refractivity contribution in [1.82, 2.24) is 25.1 Å². The average Bonchev–Trinajstić information content (AvgIpc) is 2.88. The Morgan fingerprint density at radius 3 is 2.81 bits per heavy atom. The lowest BCUT2D eigenvalue weighted by Gasteiger charge is -2.20. The molecule has 0 saturated heterocycles. The van der Waals surface area contributed by atoms with Crippen LogP contribution in [0.4, 0.5) is 4.79 Å². The molecule has 2 aromatic rings. The number of imidazole rings is 1. The third-order valence-electron chi connectivity index (χ3n) is 2.39. The monoisotopic (exact) mass is 309 g/mol. The van der Waals surface area contributed by atoms with Gasteiger partial charge in [0.15, 0.2) is 11.0 Å². The summed E-state index contributed by atoms with van der Waals surface area (Å²) < 4.78 is 6.87. The summed E-state index contributed by atoms with van der Waals surface area (Å²) in [4.78, 5) is 15.6. The molecule has 21 heavy (non-hydrogen) atoms.